The Morgan fingerprint density at radius 2 is 1.54 bits per heavy atom. The van der Waals surface area contributed by atoms with Gasteiger partial charge in [-0.25, -0.2) is 18.2 Å². The molecule has 4 nitrogen and oxygen atoms in total. The minimum atomic E-state index is -1.55. The van der Waals surface area contributed by atoms with Crippen LogP contribution < -0.4 is 10.6 Å². The number of benzene rings is 2. The van der Waals surface area contributed by atoms with Crippen molar-refractivity contribution < 1.29 is 13.2 Å². The Balaban J connectivity index is 1.88. The fourth-order valence-electron chi connectivity index (χ4n) is 2.40. The molecule has 0 saturated heterocycles. The quantitative estimate of drug-likeness (QED) is 0.621. The van der Waals surface area contributed by atoms with Gasteiger partial charge in [-0.3, -0.25) is 0 Å². The highest BCUT2D eigenvalue weighted by molar-refractivity contribution is 5.61. The molecule has 3 aromatic rings. The van der Waals surface area contributed by atoms with Gasteiger partial charge in [0.05, 0.1) is 5.69 Å². The highest BCUT2D eigenvalue weighted by atomic mass is 19.2. The zero-order valence-corrected chi connectivity index (χ0v) is 14.5. The maximum absolute atomic E-state index is 13.8. The molecule has 134 valence electrons. The highest BCUT2D eigenvalue weighted by Gasteiger charge is 2.14. The second kappa shape index (κ2) is 7.03. The first-order valence-electron chi connectivity index (χ1n) is 7.94. The van der Waals surface area contributed by atoms with Crippen LogP contribution in [-0.2, 0) is 0 Å². The molecule has 0 bridgehead atoms. The van der Waals surface area contributed by atoms with Crippen LogP contribution in [0.3, 0.4) is 0 Å². The largest absolute Gasteiger partial charge is 0.340 e. The number of rotatable bonds is 4. The van der Waals surface area contributed by atoms with Crippen molar-refractivity contribution in [1.82, 2.24) is 9.97 Å². The molecule has 0 unspecified atom stereocenters. The number of aromatic nitrogens is 2. The van der Waals surface area contributed by atoms with Crippen molar-refractivity contribution in [2.75, 3.05) is 10.6 Å². The molecule has 0 aliphatic carbocycles. The summed E-state index contributed by atoms with van der Waals surface area (Å²) in [6.07, 6.45) is 0. The molecule has 1 aromatic heterocycles. The van der Waals surface area contributed by atoms with E-state index in [-0.39, 0.29) is 11.6 Å². The van der Waals surface area contributed by atoms with E-state index in [0.717, 1.165) is 23.4 Å². The SMILES string of the molecule is Cc1cc(Nc2ccc(C)c(C)c2)nc(Nc2ccc(F)c(F)c2F)n1. The summed E-state index contributed by atoms with van der Waals surface area (Å²) in [5.74, 6) is -3.56. The predicted molar refractivity (Wildman–Crippen MR) is 95.6 cm³/mol. The first kappa shape index (κ1) is 17.7. The van der Waals surface area contributed by atoms with Gasteiger partial charge in [0.25, 0.3) is 0 Å². The number of hydrogen-bond donors (Lipinski definition) is 2. The van der Waals surface area contributed by atoms with Gasteiger partial charge in [0, 0.05) is 17.4 Å². The molecule has 2 aromatic carbocycles. The van der Waals surface area contributed by atoms with E-state index in [1.165, 1.54) is 5.56 Å². The van der Waals surface area contributed by atoms with Gasteiger partial charge in [-0.2, -0.15) is 4.98 Å². The number of nitrogens with zero attached hydrogens (tertiary/aromatic N) is 2. The second-order valence-electron chi connectivity index (χ2n) is 5.99. The molecule has 0 fully saturated rings. The lowest BCUT2D eigenvalue weighted by molar-refractivity contribution is 0.449. The van der Waals surface area contributed by atoms with Crippen molar-refractivity contribution >= 4 is 23.1 Å². The van der Waals surface area contributed by atoms with Crippen LogP contribution in [0, 0.1) is 38.2 Å². The summed E-state index contributed by atoms with van der Waals surface area (Å²) in [6, 6.07) is 9.54. The third-order valence-electron chi connectivity index (χ3n) is 3.92. The molecule has 0 radical (unpaired) electrons. The van der Waals surface area contributed by atoms with E-state index in [4.69, 9.17) is 0 Å². The maximum Gasteiger partial charge on any atom is 0.229 e. The maximum atomic E-state index is 13.8. The Kier molecular flexibility index (Phi) is 4.79. The molecule has 2 N–H and O–H groups in total. The smallest absolute Gasteiger partial charge is 0.229 e. The molecule has 0 aliphatic rings. The summed E-state index contributed by atoms with van der Waals surface area (Å²) in [5.41, 5.74) is 3.52. The number of aryl methyl sites for hydroxylation is 3. The standard InChI is InChI=1S/C19H17F3N4/c1-10-4-5-13(8-11(10)2)24-16-9-12(3)23-19(26-16)25-15-7-6-14(20)17(21)18(15)22/h4-9H,1-3H3,(H2,23,24,25,26). The lowest BCUT2D eigenvalue weighted by atomic mass is 10.1. The van der Waals surface area contributed by atoms with E-state index in [1.54, 1.807) is 13.0 Å². The van der Waals surface area contributed by atoms with Crippen molar-refractivity contribution in [1.29, 1.82) is 0 Å². The third kappa shape index (κ3) is 3.77. The molecule has 7 heteroatoms. The fraction of sp³-hybridized carbons (Fsp3) is 0.158. The van der Waals surface area contributed by atoms with Crippen LogP contribution in [0.4, 0.5) is 36.3 Å². The average Bonchev–Trinajstić information content (AvgIpc) is 2.58. The van der Waals surface area contributed by atoms with Crippen molar-refractivity contribution in [3.05, 3.63) is 70.7 Å². The third-order valence-corrected chi connectivity index (χ3v) is 3.92. The molecule has 0 spiro atoms. The van der Waals surface area contributed by atoms with Crippen LogP contribution in [-0.4, -0.2) is 9.97 Å². The fourth-order valence-corrected chi connectivity index (χ4v) is 2.40. The Bertz CT molecular complexity index is 973. The predicted octanol–water partition coefficient (Wildman–Crippen LogP) is 5.31. The molecule has 3 rings (SSSR count). The summed E-state index contributed by atoms with van der Waals surface area (Å²) >= 11 is 0. The molecular formula is C19H17F3N4. The van der Waals surface area contributed by atoms with Gasteiger partial charge in [-0.1, -0.05) is 6.07 Å². The van der Waals surface area contributed by atoms with E-state index >= 15 is 0 Å². The zero-order valence-electron chi connectivity index (χ0n) is 14.5. The summed E-state index contributed by atoms with van der Waals surface area (Å²) in [6.45, 7) is 5.77. The van der Waals surface area contributed by atoms with Gasteiger partial charge in [0.1, 0.15) is 5.82 Å². The molecule has 1 heterocycles. The van der Waals surface area contributed by atoms with E-state index in [9.17, 15) is 13.2 Å². The lowest BCUT2D eigenvalue weighted by Crippen LogP contribution is -2.05. The van der Waals surface area contributed by atoms with Crippen LogP contribution in [0.1, 0.15) is 16.8 Å². The minimum Gasteiger partial charge on any atom is -0.340 e. The zero-order chi connectivity index (χ0) is 18.8. The molecule has 26 heavy (non-hydrogen) atoms. The van der Waals surface area contributed by atoms with Crippen LogP contribution in [0.2, 0.25) is 0 Å². The summed E-state index contributed by atoms with van der Waals surface area (Å²) in [5, 5.41) is 5.74. The number of anilines is 4. The molecule has 0 atom stereocenters. The number of hydrogen-bond acceptors (Lipinski definition) is 4. The molecule has 0 amide bonds. The monoisotopic (exact) mass is 358 g/mol. The van der Waals surface area contributed by atoms with Crippen molar-refractivity contribution in [3.63, 3.8) is 0 Å². The average molecular weight is 358 g/mol. The second-order valence-corrected chi connectivity index (χ2v) is 5.99. The van der Waals surface area contributed by atoms with E-state index < -0.39 is 17.5 Å². The normalized spacial score (nSPS) is 10.7. The lowest BCUT2D eigenvalue weighted by Gasteiger charge is -2.12. The first-order chi connectivity index (χ1) is 12.3. The molecule has 0 saturated carbocycles. The van der Waals surface area contributed by atoms with Gasteiger partial charge in [0.15, 0.2) is 17.5 Å². The van der Waals surface area contributed by atoms with Crippen molar-refractivity contribution in [2.24, 2.45) is 0 Å². The number of nitrogens with one attached hydrogen (secondary N) is 2. The van der Waals surface area contributed by atoms with Crippen LogP contribution in [0.5, 0.6) is 0 Å². The minimum absolute atomic E-state index is 0.0706. The summed E-state index contributed by atoms with van der Waals surface area (Å²) < 4.78 is 40.2. The highest BCUT2D eigenvalue weighted by Crippen LogP contribution is 2.24. The van der Waals surface area contributed by atoms with Gasteiger partial charge in [-0.15, -0.1) is 0 Å². The van der Waals surface area contributed by atoms with Gasteiger partial charge in [-0.05, 0) is 56.2 Å². The van der Waals surface area contributed by atoms with Crippen molar-refractivity contribution in [2.45, 2.75) is 20.8 Å². The van der Waals surface area contributed by atoms with Crippen LogP contribution >= 0.6 is 0 Å². The van der Waals surface area contributed by atoms with Gasteiger partial charge < -0.3 is 10.6 Å². The Labute approximate surface area is 149 Å². The first-order valence-corrected chi connectivity index (χ1v) is 7.94. The Morgan fingerprint density at radius 3 is 2.27 bits per heavy atom. The van der Waals surface area contributed by atoms with Gasteiger partial charge in [0.2, 0.25) is 5.95 Å². The van der Waals surface area contributed by atoms with Crippen LogP contribution in [0.15, 0.2) is 36.4 Å². The van der Waals surface area contributed by atoms with E-state index in [1.807, 2.05) is 32.0 Å². The van der Waals surface area contributed by atoms with Crippen molar-refractivity contribution in [3.8, 4) is 0 Å². The van der Waals surface area contributed by atoms with E-state index in [2.05, 4.69) is 20.6 Å². The summed E-state index contributed by atoms with van der Waals surface area (Å²) in [7, 11) is 0. The molecular weight excluding hydrogens is 341 g/mol. The Morgan fingerprint density at radius 1 is 0.769 bits per heavy atom. The van der Waals surface area contributed by atoms with Gasteiger partial charge >= 0.3 is 0 Å². The number of halogens is 3. The summed E-state index contributed by atoms with van der Waals surface area (Å²) in [4.78, 5) is 8.40. The van der Waals surface area contributed by atoms with E-state index in [0.29, 0.717) is 11.5 Å². The topological polar surface area (TPSA) is 49.8 Å². The molecule has 0 aliphatic heterocycles. The Hall–Kier alpha value is -3.09. The van der Waals surface area contributed by atoms with Crippen LogP contribution in [0.25, 0.3) is 0 Å².